The Morgan fingerprint density at radius 2 is 1.93 bits per heavy atom. The summed E-state index contributed by atoms with van der Waals surface area (Å²) in [5.41, 5.74) is 1.49. The first-order chi connectivity index (χ1) is 14.4. The van der Waals surface area contributed by atoms with Crippen molar-refractivity contribution in [1.29, 1.82) is 0 Å². The molecule has 0 atom stereocenters. The second kappa shape index (κ2) is 8.45. The molecule has 0 spiro atoms. The van der Waals surface area contributed by atoms with E-state index in [-0.39, 0.29) is 17.0 Å². The molecule has 4 aromatic rings. The van der Waals surface area contributed by atoms with Crippen LogP contribution in [0.2, 0.25) is 5.15 Å². The number of esters is 1. The summed E-state index contributed by atoms with van der Waals surface area (Å²) in [6, 6.07) is 13.7. The van der Waals surface area contributed by atoms with Crippen molar-refractivity contribution in [3.63, 3.8) is 0 Å². The highest BCUT2D eigenvalue weighted by Gasteiger charge is 2.15. The quantitative estimate of drug-likeness (QED) is 0.264. The molecule has 6 nitrogen and oxygen atoms in total. The number of carbonyl (C=O) groups excluding carboxylic acids is 1. The summed E-state index contributed by atoms with van der Waals surface area (Å²) < 4.78 is 17.1. The van der Waals surface area contributed by atoms with Crippen LogP contribution in [-0.2, 0) is 11.2 Å². The summed E-state index contributed by atoms with van der Waals surface area (Å²) in [5.74, 6) is 0.826. The van der Waals surface area contributed by atoms with Gasteiger partial charge < -0.3 is 13.7 Å². The fraction of sp³-hybridized carbons (Fsp3) is 0.136. The minimum absolute atomic E-state index is 0.0923. The molecule has 0 aliphatic rings. The fourth-order valence-electron chi connectivity index (χ4n) is 3.11. The van der Waals surface area contributed by atoms with E-state index in [9.17, 15) is 9.59 Å². The van der Waals surface area contributed by atoms with E-state index in [1.807, 2.05) is 24.3 Å². The van der Waals surface area contributed by atoms with Gasteiger partial charge in [0.1, 0.15) is 22.9 Å². The molecule has 2 heterocycles. The molecule has 8 heteroatoms. The van der Waals surface area contributed by atoms with Gasteiger partial charge in [0.15, 0.2) is 5.15 Å². The number of halogens is 2. The number of aromatic nitrogens is 1. The van der Waals surface area contributed by atoms with Gasteiger partial charge in [-0.3, -0.25) is 9.59 Å². The Hall–Kier alpha value is -2.90. The zero-order chi connectivity index (χ0) is 21.3. The number of ether oxygens (including phenoxy) is 1. The van der Waals surface area contributed by atoms with E-state index in [1.54, 1.807) is 25.1 Å². The number of hydrogen-bond donors (Lipinski definition) is 0. The molecule has 2 aromatic carbocycles. The summed E-state index contributed by atoms with van der Waals surface area (Å²) in [4.78, 5) is 25.1. The van der Waals surface area contributed by atoms with Crippen LogP contribution in [0, 0.1) is 6.92 Å². The zero-order valence-electron chi connectivity index (χ0n) is 15.8. The molecule has 4 rings (SSSR count). The number of fused-ring (bicyclic) bond motifs is 1. The van der Waals surface area contributed by atoms with Gasteiger partial charge in [-0.1, -0.05) is 44.8 Å². The molecule has 30 heavy (non-hydrogen) atoms. The molecule has 0 radical (unpaired) electrons. The molecule has 0 unspecified atom stereocenters. The highest BCUT2D eigenvalue weighted by Crippen LogP contribution is 2.27. The largest absolute Gasteiger partial charge is 0.460 e. The van der Waals surface area contributed by atoms with Gasteiger partial charge in [0.05, 0.1) is 17.4 Å². The second-order valence-electron chi connectivity index (χ2n) is 6.62. The third kappa shape index (κ3) is 4.32. The minimum Gasteiger partial charge on any atom is -0.460 e. The Balaban J connectivity index is 1.57. The summed E-state index contributed by atoms with van der Waals surface area (Å²) in [6.45, 7) is 1.74. The molecule has 0 saturated heterocycles. The number of nitrogens with zero attached hydrogens (tertiary/aromatic N) is 1. The molecule has 152 valence electrons. The maximum Gasteiger partial charge on any atom is 0.311 e. The van der Waals surface area contributed by atoms with Gasteiger partial charge >= 0.3 is 5.97 Å². The number of carbonyl (C=O) groups is 1. The van der Waals surface area contributed by atoms with Crippen LogP contribution in [0.3, 0.4) is 0 Å². The summed E-state index contributed by atoms with van der Waals surface area (Å²) in [5, 5.41) is 4.20. The minimum atomic E-state index is -0.451. The monoisotopic (exact) mass is 487 g/mol. The molecule has 0 amide bonds. The molecular formula is C22H15BrClNO5. The van der Waals surface area contributed by atoms with E-state index in [2.05, 4.69) is 21.1 Å². The van der Waals surface area contributed by atoms with Crippen molar-refractivity contribution in [2.75, 3.05) is 0 Å². The first-order valence-electron chi connectivity index (χ1n) is 9.06. The van der Waals surface area contributed by atoms with E-state index in [4.69, 9.17) is 25.3 Å². The van der Waals surface area contributed by atoms with Crippen LogP contribution in [0.25, 0.3) is 22.1 Å². The fourth-order valence-corrected chi connectivity index (χ4v) is 3.53. The lowest BCUT2D eigenvalue weighted by Crippen LogP contribution is -2.10. The van der Waals surface area contributed by atoms with Crippen LogP contribution < -0.4 is 10.2 Å². The van der Waals surface area contributed by atoms with Crippen LogP contribution >= 0.6 is 27.5 Å². The Labute approximate surface area is 184 Å². The van der Waals surface area contributed by atoms with Crippen LogP contribution in [-0.4, -0.2) is 11.1 Å². The number of rotatable bonds is 5. The van der Waals surface area contributed by atoms with Crippen LogP contribution in [0.1, 0.15) is 17.9 Å². The summed E-state index contributed by atoms with van der Waals surface area (Å²) >= 11 is 9.07. The highest BCUT2D eigenvalue weighted by atomic mass is 79.9. The summed E-state index contributed by atoms with van der Waals surface area (Å²) in [6.07, 6.45) is 0.409. The van der Waals surface area contributed by atoms with Crippen molar-refractivity contribution < 1.29 is 18.5 Å². The Morgan fingerprint density at radius 3 is 2.63 bits per heavy atom. The first kappa shape index (κ1) is 20.4. The van der Waals surface area contributed by atoms with E-state index in [0.29, 0.717) is 40.2 Å². The lowest BCUT2D eigenvalue weighted by atomic mass is 10.0. The SMILES string of the molecule is Cc1oc2cc(OC(=O)CCc3cc(Cl)no3)ccc2c(=O)c1-c1ccc(Br)cc1. The normalized spacial score (nSPS) is 11.0. The lowest BCUT2D eigenvalue weighted by Gasteiger charge is -2.09. The van der Waals surface area contributed by atoms with Gasteiger partial charge in [-0.15, -0.1) is 0 Å². The summed E-state index contributed by atoms with van der Waals surface area (Å²) in [7, 11) is 0. The molecule has 0 saturated carbocycles. The first-order valence-corrected chi connectivity index (χ1v) is 10.2. The smallest absolute Gasteiger partial charge is 0.311 e. The topological polar surface area (TPSA) is 82.5 Å². The molecule has 0 aliphatic carbocycles. The standard InChI is InChI=1S/C22H15BrClNO5/c1-12-21(13-2-4-14(23)5-3-13)22(27)17-8-6-15(10-18(17)28-12)29-20(26)9-7-16-11-19(24)25-30-16/h2-6,8,10-11H,7,9H2,1H3. The molecule has 0 N–H and O–H groups in total. The Kier molecular flexibility index (Phi) is 5.74. The molecular weight excluding hydrogens is 474 g/mol. The third-order valence-electron chi connectivity index (χ3n) is 4.51. The van der Waals surface area contributed by atoms with Gasteiger partial charge in [0.25, 0.3) is 0 Å². The van der Waals surface area contributed by atoms with Gasteiger partial charge in [0.2, 0.25) is 5.43 Å². The highest BCUT2D eigenvalue weighted by molar-refractivity contribution is 9.10. The van der Waals surface area contributed by atoms with Crippen LogP contribution in [0.15, 0.2) is 66.7 Å². The van der Waals surface area contributed by atoms with Crippen molar-refractivity contribution in [1.82, 2.24) is 5.16 Å². The van der Waals surface area contributed by atoms with E-state index < -0.39 is 5.97 Å². The Bertz CT molecular complexity index is 1290. The second-order valence-corrected chi connectivity index (χ2v) is 7.92. The van der Waals surface area contributed by atoms with Gasteiger partial charge in [0, 0.05) is 23.0 Å². The molecule has 2 aromatic heterocycles. The number of aryl methyl sites for hydroxylation is 2. The van der Waals surface area contributed by atoms with Crippen molar-refractivity contribution in [2.45, 2.75) is 19.8 Å². The number of benzene rings is 2. The molecule has 0 fully saturated rings. The molecule has 0 bridgehead atoms. The van der Waals surface area contributed by atoms with E-state index in [1.165, 1.54) is 6.07 Å². The lowest BCUT2D eigenvalue weighted by molar-refractivity contribution is -0.134. The van der Waals surface area contributed by atoms with Crippen LogP contribution in [0.5, 0.6) is 5.75 Å². The maximum atomic E-state index is 13.0. The van der Waals surface area contributed by atoms with Crippen molar-refractivity contribution in [3.8, 4) is 16.9 Å². The van der Waals surface area contributed by atoms with Crippen molar-refractivity contribution in [2.24, 2.45) is 0 Å². The van der Waals surface area contributed by atoms with Crippen molar-refractivity contribution in [3.05, 3.63) is 79.9 Å². The number of hydrogen-bond acceptors (Lipinski definition) is 6. The van der Waals surface area contributed by atoms with E-state index >= 15 is 0 Å². The average Bonchev–Trinajstić information content (AvgIpc) is 3.13. The van der Waals surface area contributed by atoms with Crippen LogP contribution in [0.4, 0.5) is 0 Å². The molecule has 0 aliphatic heterocycles. The third-order valence-corrected chi connectivity index (χ3v) is 5.22. The van der Waals surface area contributed by atoms with Gasteiger partial charge in [-0.05, 0) is 36.8 Å². The zero-order valence-corrected chi connectivity index (χ0v) is 18.1. The van der Waals surface area contributed by atoms with Crippen molar-refractivity contribution >= 4 is 44.5 Å². The average molecular weight is 489 g/mol. The van der Waals surface area contributed by atoms with Gasteiger partial charge in [-0.25, -0.2) is 0 Å². The Morgan fingerprint density at radius 1 is 1.17 bits per heavy atom. The maximum absolute atomic E-state index is 13.0. The van der Waals surface area contributed by atoms with E-state index in [0.717, 1.165) is 10.0 Å². The van der Waals surface area contributed by atoms with Gasteiger partial charge in [-0.2, -0.15) is 0 Å². The predicted molar refractivity (Wildman–Crippen MR) is 116 cm³/mol. The predicted octanol–water partition coefficient (Wildman–Crippen LogP) is 5.71.